The summed E-state index contributed by atoms with van der Waals surface area (Å²) in [4.78, 5) is 2.21. The van der Waals surface area contributed by atoms with E-state index in [-0.39, 0.29) is 0 Å². The van der Waals surface area contributed by atoms with Gasteiger partial charge in [-0.25, -0.2) is 0 Å². The predicted octanol–water partition coefficient (Wildman–Crippen LogP) is 3.93. The molecule has 0 amide bonds. The number of rotatable bonds is 3. The topological polar surface area (TPSA) is 38.7 Å². The first-order valence-electron chi connectivity index (χ1n) is 6.54. The summed E-state index contributed by atoms with van der Waals surface area (Å²) in [5, 5.41) is 10.6. The highest BCUT2D eigenvalue weighted by atomic mass is 79.9. The molecule has 3 nitrogen and oxygen atoms in total. The molecule has 3 rings (SSSR count). The lowest BCUT2D eigenvalue weighted by molar-refractivity contribution is 0.169. The number of hydrogen-bond acceptors (Lipinski definition) is 4. The highest BCUT2D eigenvalue weighted by Crippen LogP contribution is 2.40. The van der Waals surface area contributed by atoms with Gasteiger partial charge in [-0.15, -0.1) is 11.3 Å². The smallest absolute Gasteiger partial charge is 0.162 e. The molecule has 5 heteroatoms. The molecule has 106 valence electrons. The summed E-state index contributed by atoms with van der Waals surface area (Å²) in [7, 11) is 0. The molecular weight excluding hydrogens is 340 g/mol. The van der Waals surface area contributed by atoms with Crippen LogP contribution in [0.15, 0.2) is 28.7 Å². The molecule has 0 bridgehead atoms. The predicted molar refractivity (Wildman–Crippen MR) is 82.9 cm³/mol. The molecule has 20 heavy (non-hydrogen) atoms. The molecule has 2 aromatic rings. The summed E-state index contributed by atoms with van der Waals surface area (Å²) in [6, 6.07) is 7.77. The summed E-state index contributed by atoms with van der Waals surface area (Å²) in [5.74, 6) is 1.42. The van der Waals surface area contributed by atoms with Crippen LogP contribution in [0.2, 0.25) is 0 Å². The highest BCUT2D eigenvalue weighted by Gasteiger charge is 2.21. The number of aliphatic hydroxyl groups is 1. The maximum Gasteiger partial charge on any atom is 0.162 e. The van der Waals surface area contributed by atoms with Crippen molar-refractivity contribution in [3.63, 3.8) is 0 Å². The fraction of sp³-hybridized carbons (Fsp3) is 0.333. The van der Waals surface area contributed by atoms with Crippen molar-refractivity contribution in [2.24, 2.45) is 0 Å². The highest BCUT2D eigenvalue weighted by molar-refractivity contribution is 9.10. The third kappa shape index (κ3) is 2.57. The minimum Gasteiger partial charge on any atom is -0.486 e. The van der Waals surface area contributed by atoms with Crippen LogP contribution in [0.25, 0.3) is 0 Å². The Hall–Kier alpha value is -1.04. The minimum atomic E-state index is -0.648. The second-order valence-corrected chi connectivity index (χ2v) is 6.63. The fourth-order valence-electron chi connectivity index (χ4n) is 2.17. The Labute approximate surface area is 130 Å². The van der Waals surface area contributed by atoms with Gasteiger partial charge in [-0.05, 0) is 30.7 Å². The summed E-state index contributed by atoms with van der Waals surface area (Å²) in [6.45, 7) is 3.22. The van der Waals surface area contributed by atoms with Crippen LogP contribution < -0.4 is 9.47 Å². The zero-order valence-corrected chi connectivity index (χ0v) is 13.5. The molecule has 1 aromatic carbocycles. The lowest BCUT2D eigenvalue weighted by Crippen LogP contribution is -2.16. The lowest BCUT2D eigenvalue weighted by Gasteiger charge is -2.21. The van der Waals surface area contributed by atoms with Crippen LogP contribution in [0.3, 0.4) is 0 Å². The standard InChI is InChI=1S/C15H15BrO3S/c1-2-9-3-4-14(20-9)15(17)10-7-12-13(8-11(10)16)19-6-5-18-12/h3-4,7-8,15,17H,2,5-6H2,1H3. The zero-order valence-electron chi connectivity index (χ0n) is 11.1. The lowest BCUT2D eigenvalue weighted by atomic mass is 10.1. The van der Waals surface area contributed by atoms with Gasteiger partial charge in [0, 0.05) is 19.8 Å². The van der Waals surface area contributed by atoms with E-state index in [0.717, 1.165) is 27.1 Å². The average molecular weight is 355 g/mol. The van der Waals surface area contributed by atoms with E-state index < -0.39 is 6.10 Å². The van der Waals surface area contributed by atoms with Crippen molar-refractivity contribution in [2.75, 3.05) is 13.2 Å². The molecule has 1 aromatic heterocycles. The Bertz CT molecular complexity index is 624. The quantitative estimate of drug-likeness (QED) is 0.907. The number of aliphatic hydroxyl groups excluding tert-OH is 1. The summed E-state index contributed by atoms with van der Waals surface area (Å²) >= 11 is 5.15. The number of hydrogen-bond donors (Lipinski definition) is 1. The van der Waals surface area contributed by atoms with Crippen LogP contribution in [-0.2, 0) is 6.42 Å². The number of thiophene rings is 1. The van der Waals surface area contributed by atoms with Crippen molar-refractivity contribution < 1.29 is 14.6 Å². The average Bonchev–Trinajstić information content (AvgIpc) is 2.94. The first-order chi connectivity index (χ1) is 9.69. The molecule has 2 heterocycles. The first kappa shape index (κ1) is 13.9. The van der Waals surface area contributed by atoms with Crippen LogP contribution >= 0.6 is 27.3 Å². The van der Waals surface area contributed by atoms with Crippen LogP contribution in [0, 0.1) is 0 Å². The molecule has 1 atom stereocenters. The van der Waals surface area contributed by atoms with Gasteiger partial charge < -0.3 is 14.6 Å². The van der Waals surface area contributed by atoms with Crippen molar-refractivity contribution >= 4 is 27.3 Å². The van der Waals surface area contributed by atoms with Crippen molar-refractivity contribution in [1.82, 2.24) is 0 Å². The van der Waals surface area contributed by atoms with Crippen molar-refractivity contribution in [2.45, 2.75) is 19.4 Å². The molecule has 1 aliphatic heterocycles. The summed E-state index contributed by atoms with van der Waals surface area (Å²) < 4.78 is 11.9. The molecule has 1 unspecified atom stereocenters. The Kier molecular flexibility index (Phi) is 4.01. The number of benzene rings is 1. The van der Waals surface area contributed by atoms with E-state index in [1.165, 1.54) is 4.88 Å². The van der Waals surface area contributed by atoms with Gasteiger partial charge in [-0.2, -0.15) is 0 Å². The normalized spacial score (nSPS) is 15.2. The summed E-state index contributed by atoms with van der Waals surface area (Å²) in [5.41, 5.74) is 0.804. The van der Waals surface area contributed by atoms with E-state index in [1.807, 2.05) is 18.2 Å². The molecular formula is C15H15BrO3S. The number of fused-ring (bicyclic) bond motifs is 1. The van der Waals surface area contributed by atoms with Gasteiger partial charge in [0.1, 0.15) is 19.3 Å². The zero-order chi connectivity index (χ0) is 14.1. The molecule has 0 saturated carbocycles. The van der Waals surface area contributed by atoms with E-state index in [2.05, 4.69) is 28.9 Å². The molecule has 1 aliphatic rings. The Morgan fingerprint density at radius 1 is 1.25 bits per heavy atom. The van der Waals surface area contributed by atoms with E-state index in [1.54, 1.807) is 11.3 Å². The van der Waals surface area contributed by atoms with Gasteiger partial charge >= 0.3 is 0 Å². The molecule has 0 aliphatic carbocycles. The second kappa shape index (κ2) is 5.76. The van der Waals surface area contributed by atoms with E-state index in [9.17, 15) is 5.11 Å². The van der Waals surface area contributed by atoms with Gasteiger partial charge in [0.05, 0.1) is 0 Å². The maximum atomic E-state index is 10.6. The van der Waals surface area contributed by atoms with Crippen LogP contribution in [0.5, 0.6) is 11.5 Å². The van der Waals surface area contributed by atoms with Crippen molar-refractivity contribution in [3.8, 4) is 11.5 Å². The molecule has 0 saturated heterocycles. The van der Waals surface area contributed by atoms with Crippen molar-refractivity contribution in [3.05, 3.63) is 44.1 Å². The number of halogens is 1. The third-order valence-corrected chi connectivity index (χ3v) is 5.23. The summed E-state index contributed by atoms with van der Waals surface area (Å²) in [6.07, 6.45) is 0.338. The monoisotopic (exact) mass is 354 g/mol. The Morgan fingerprint density at radius 3 is 2.60 bits per heavy atom. The maximum absolute atomic E-state index is 10.6. The molecule has 0 fully saturated rings. The van der Waals surface area contributed by atoms with Gasteiger partial charge in [-0.3, -0.25) is 0 Å². The SMILES string of the molecule is CCc1ccc(C(O)c2cc3c(cc2Br)OCCO3)s1. The van der Waals surface area contributed by atoms with E-state index in [4.69, 9.17) is 9.47 Å². The Balaban J connectivity index is 1.96. The number of aryl methyl sites for hydroxylation is 1. The molecule has 0 radical (unpaired) electrons. The fourth-order valence-corrected chi connectivity index (χ4v) is 3.67. The van der Waals surface area contributed by atoms with Gasteiger partial charge in [0.2, 0.25) is 0 Å². The largest absolute Gasteiger partial charge is 0.486 e. The van der Waals surface area contributed by atoms with Crippen LogP contribution in [-0.4, -0.2) is 18.3 Å². The molecule has 0 spiro atoms. The van der Waals surface area contributed by atoms with E-state index in [0.29, 0.717) is 19.0 Å². The van der Waals surface area contributed by atoms with Gasteiger partial charge in [-0.1, -0.05) is 22.9 Å². The van der Waals surface area contributed by atoms with Crippen LogP contribution in [0.4, 0.5) is 0 Å². The van der Waals surface area contributed by atoms with Gasteiger partial charge in [0.25, 0.3) is 0 Å². The van der Waals surface area contributed by atoms with Gasteiger partial charge in [0.15, 0.2) is 11.5 Å². The van der Waals surface area contributed by atoms with Crippen molar-refractivity contribution in [1.29, 1.82) is 0 Å². The van der Waals surface area contributed by atoms with Crippen LogP contribution in [0.1, 0.15) is 28.3 Å². The second-order valence-electron chi connectivity index (χ2n) is 4.58. The Morgan fingerprint density at radius 2 is 1.95 bits per heavy atom. The third-order valence-electron chi connectivity index (χ3n) is 3.26. The molecule has 1 N–H and O–H groups in total. The first-order valence-corrected chi connectivity index (χ1v) is 8.15. The minimum absolute atomic E-state index is 0.545. The number of ether oxygens (including phenoxy) is 2. The van der Waals surface area contributed by atoms with E-state index >= 15 is 0 Å².